The van der Waals surface area contributed by atoms with E-state index in [1.807, 2.05) is 12.1 Å². The van der Waals surface area contributed by atoms with Gasteiger partial charge in [0.2, 0.25) is 0 Å². The maximum Gasteiger partial charge on any atom is 0.309 e. The Balaban J connectivity index is 2.09. The van der Waals surface area contributed by atoms with Crippen LogP contribution in [0.5, 0.6) is 0 Å². The predicted molar refractivity (Wildman–Crippen MR) is 94.6 cm³/mol. The molecular formula is C15H12ClNO2S3. The zero-order valence-corrected chi connectivity index (χ0v) is 15.0. The molecule has 0 spiro atoms. The second-order valence-electron chi connectivity index (χ2n) is 4.82. The number of hydrogen-bond acceptors (Lipinski definition) is 5. The van der Waals surface area contributed by atoms with Gasteiger partial charge in [-0.2, -0.15) is 0 Å². The van der Waals surface area contributed by atoms with E-state index >= 15 is 0 Å². The highest BCUT2D eigenvalue weighted by molar-refractivity contribution is 7.27. The SMILES string of the molecule is Cc1cc(-c2nc(CC(=O)O)c(-c3ccc(Cl)s3)s2)sc1C. The van der Waals surface area contributed by atoms with Crippen LogP contribution in [0.2, 0.25) is 4.34 Å². The normalized spacial score (nSPS) is 11.0. The number of nitrogens with zero attached hydrogens (tertiary/aromatic N) is 1. The second-order valence-corrected chi connectivity index (χ2v) is 8.79. The number of aryl methyl sites for hydroxylation is 2. The van der Waals surface area contributed by atoms with E-state index in [9.17, 15) is 4.79 Å². The first-order valence-corrected chi connectivity index (χ1v) is 9.31. The van der Waals surface area contributed by atoms with Crippen LogP contribution >= 0.6 is 45.6 Å². The maximum absolute atomic E-state index is 11.1. The van der Waals surface area contributed by atoms with Gasteiger partial charge < -0.3 is 5.11 Å². The largest absolute Gasteiger partial charge is 0.481 e. The molecule has 1 N–H and O–H groups in total. The van der Waals surface area contributed by atoms with E-state index in [-0.39, 0.29) is 6.42 Å². The topological polar surface area (TPSA) is 50.2 Å². The molecule has 3 aromatic heterocycles. The van der Waals surface area contributed by atoms with E-state index < -0.39 is 5.97 Å². The van der Waals surface area contributed by atoms with E-state index in [0.717, 1.165) is 19.6 Å². The van der Waals surface area contributed by atoms with E-state index in [0.29, 0.717) is 10.0 Å². The fourth-order valence-corrected chi connectivity index (χ4v) is 5.36. The van der Waals surface area contributed by atoms with Gasteiger partial charge in [-0.15, -0.1) is 34.0 Å². The number of carbonyl (C=O) groups is 1. The van der Waals surface area contributed by atoms with Gasteiger partial charge >= 0.3 is 5.97 Å². The molecule has 3 aromatic rings. The number of halogens is 1. The molecule has 0 atom stereocenters. The van der Waals surface area contributed by atoms with Gasteiger partial charge in [0.25, 0.3) is 0 Å². The minimum atomic E-state index is -0.876. The minimum Gasteiger partial charge on any atom is -0.481 e. The lowest BCUT2D eigenvalue weighted by atomic mass is 10.2. The average molecular weight is 370 g/mol. The van der Waals surface area contributed by atoms with Gasteiger partial charge in [-0.25, -0.2) is 4.98 Å². The number of carboxylic acids is 1. The molecule has 0 saturated carbocycles. The summed E-state index contributed by atoms with van der Waals surface area (Å²) in [5.74, 6) is -0.876. The van der Waals surface area contributed by atoms with Gasteiger partial charge in [0.05, 0.1) is 26.2 Å². The molecular weight excluding hydrogens is 358 g/mol. The first kappa shape index (κ1) is 15.7. The van der Waals surface area contributed by atoms with Crippen LogP contribution in [0.1, 0.15) is 16.1 Å². The molecule has 3 heterocycles. The van der Waals surface area contributed by atoms with Crippen molar-refractivity contribution in [1.82, 2.24) is 4.98 Å². The van der Waals surface area contributed by atoms with Crippen LogP contribution in [0.3, 0.4) is 0 Å². The monoisotopic (exact) mass is 369 g/mol. The van der Waals surface area contributed by atoms with Crippen LogP contribution in [0.4, 0.5) is 0 Å². The minimum absolute atomic E-state index is 0.0787. The fraction of sp³-hybridized carbons (Fsp3) is 0.200. The summed E-state index contributed by atoms with van der Waals surface area (Å²) in [5.41, 5.74) is 1.84. The van der Waals surface area contributed by atoms with Crippen molar-refractivity contribution >= 4 is 51.6 Å². The standard InChI is InChI=1S/C15H12ClNO2S3/c1-7-5-11(20-8(7)2)15-17-9(6-13(18)19)14(22-15)10-3-4-12(16)21-10/h3-5H,6H2,1-2H3,(H,18,19). The van der Waals surface area contributed by atoms with Crippen LogP contribution in [0.25, 0.3) is 19.6 Å². The summed E-state index contributed by atoms with van der Waals surface area (Å²) in [4.78, 5) is 19.9. The van der Waals surface area contributed by atoms with Crippen LogP contribution in [0.15, 0.2) is 18.2 Å². The van der Waals surface area contributed by atoms with Gasteiger partial charge in [0, 0.05) is 9.75 Å². The zero-order valence-electron chi connectivity index (χ0n) is 11.8. The average Bonchev–Trinajstić information content (AvgIpc) is 3.10. The molecule has 7 heteroatoms. The van der Waals surface area contributed by atoms with Crippen LogP contribution in [-0.2, 0) is 11.2 Å². The van der Waals surface area contributed by atoms with Crippen LogP contribution in [0, 0.1) is 13.8 Å². The lowest BCUT2D eigenvalue weighted by Crippen LogP contribution is -2.01. The van der Waals surface area contributed by atoms with Crippen molar-refractivity contribution in [3.63, 3.8) is 0 Å². The Morgan fingerprint density at radius 1 is 1.23 bits per heavy atom. The van der Waals surface area contributed by atoms with Crippen molar-refractivity contribution in [3.8, 4) is 19.6 Å². The molecule has 0 unspecified atom stereocenters. The number of aliphatic carboxylic acids is 1. The molecule has 0 radical (unpaired) electrons. The summed E-state index contributed by atoms with van der Waals surface area (Å²) >= 11 is 10.7. The molecule has 3 rings (SSSR count). The fourth-order valence-electron chi connectivity index (χ4n) is 2.03. The number of aromatic nitrogens is 1. The van der Waals surface area contributed by atoms with Gasteiger partial charge in [-0.3, -0.25) is 4.79 Å². The van der Waals surface area contributed by atoms with Crippen molar-refractivity contribution in [3.05, 3.63) is 38.7 Å². The molecule has 3 nitrogen and oxygen atoms in total. The Bertz CT molecular complexity index is 827. The highest BCUT2D eigenvalue weighted by atomic mass is 35.5. The Labute approximate surface area is 144 Å². The Morgan fingerprint density at radius 3 is 2.55 bits per heavy atom. The summed E-state index contributed by atoms with van der Waals surface area (Å²) in [6.07, 6.45) is -0.0787. The molecule has 0 aliphatic heterocycles. The molecule has 0 fully saturated rings. The van der Waals surface area contributed by atoms with Crippen molar-refractivity contribution in [1.29, 1.82) is 0 Å². The summed E-state index contributed by atoms with van der Waals surface area (Å²) in [6, 6.07) is 5.85. The third kappa shape index (κ3) is 3.10. The molecule has 0 aliphatic rings. The summed E-state index contributed by atoms with van der Waals surface area (Å²) in [7, 11) is 0. The predicted octanol–water partition coefficient (Wildman–Crippen LogP) is 5.50. The summed E-state index contributed by atoms with van der Waals surface area (Å²) in [5, 5.41) is 9.99. The first-order valence-electron chi connectivity index (χ1n) is 6.48. The second kappa shape index (κ2) is 6.12. The number of thiazole rings is 1. The highest BCUT2D eigenvalue weighted by Gasteiger charge is 2.19. The lowest BCUT2D eigenvalue weighted by Gasteiger charge is -1.95. The third-order valence-electron chi connectivity index (χ3n) is 3.19. The molecule has 0 bridgehead atoms. The van der Waals surface area contributed by atoms with Crippen molar-refractivity contribution in [2.24, 2.45) is 0 Å². The Hall–Kier alpha value is -1.21. The van der Waals surface area contributed by atoms with E-state index in [4.69, 9.17) is 16.7 Å². The van der Waals surface area contributed by atoms with Gasteiger partial charge in [0.1, 0.15) is 5.01 Å². The maximum atomic E-state index is 11.1. The zero-order chi connectivity index (χ0) is 15.9. The highest BCUT2D eigenvalue weighted by Crippen LogP contribution is 2.42. The lowest BCUT2D eigenvalue weighted by molar-refractivity contribution is -0.136. The number of carboxylic acid groups (broad SMARTS) is 1. The molecule has 0 aromatic carbocycles. The first-order chi connectivity index (χ1) is 10.4. The van der Waals surface area contributed by atoms with Crippen LogP contribution in [-0.4, -0.2) is 16.1 Å². The van der Waals surface area contributed by atoms with Gasteiger partial charge in [0.15, 0.2) is 0 Å². The molecule has 0 amide bonds. The number of hydrogen-bond donors (Lipinski definition) is 1. The number of rotatable bonds is 4. The third-order valence-corrected chi connectivity index (χ3v) is 7.02. The number of thiophene rings is 2. The molecule has 0 aliphatic carbocycles. The van der Waals surface area contributed by atoms with E-state index in [1.165, 1.54) is 33.1 Å². The summed E-state index contributed by atoms with van der Waals surface area (Å²) in [6.45, 7) is 4.15. The van der Waals surface area contributed by atoms with Gasteiger partial charge in [-0.1, -0.05) is 11.6 Å². The van der Waals surface area contributed by atoms with Crippen molar-refractivity contribution in [2.75, 3.05) is 0 Å². The van der Waals surface area contributed by atoms with Crippen molar-refractivity contribution < 1.29 is 9.90 Å². The molecule has 0 saturated heterocycles. The molecule has 114 valence electrons. The Kier molecular flexibility index (Phi) is 4.36. The van der Waals surface area contributed by atoms with Crippen LogP contribution < -0.4 is 0 Å². The quantitative estimate of drug-likeness (QED) is 0.660. The summed E-state index contributed by atoms with van der Waals surface area (Å²) < 4.78 is 0.689. The smallest absolute Gasteiger partial charge is 0.309 e. The van der Waals surface area contributed by atoms with E-state index in [2.05, 4.69) is 24.9 Å². The molecule has 22 heavy (non-hydrogen) atoms. The van der Waals surface area contributed by atoms with Crippen molar-refractivity contribution in [2.45, 2.75) is 20.3 Å². The Morgan fingerprint density at radius 2 is 2.00 bits per heavy atom. The van der Waals surface area contributed by atoms with E-state index in [1.54, 1.807) is 11.3 Å². The van der Waals surface area contributed by atoms with Gasteiger partial charge in [-0.05, 0) is 37.6 Å².